The molecule has 1 heterocycles. The van der Waals surface area contributed by atoms with E-state index < -0.39 is 17.5 Å². The van der Waals surface area contributed by atoms with E-state index >= 15 is 0 Å². The largest absolute Gasteiger partial charge is 0.493 e. The van der Waals surface area contributed by atoms with E-state index in [2.05, 4.69) is 5.32 Å². The summed E-state index contributed by atoms with van der Waals surface area (Å²) in [6.45, 7) is 2.45. The van der Waals surface area contributed by atoms with Gasteiger partial charge in [-0.05, 0) is 30.2 Å². The van der Waals surface area contributed by atoms with Crippen LogP contribution in [0, 0.1) is 17.5 Å². The van der Waals surface area contributed by atoms with Gasteiger partial charge >= 0.3 is 0 Å². The molecule has 0 aromatic heterocycles. The Hall–Kier alpha value is -2.17. The first-order valence-corrected chi connectivity index (χ1v) is 6.71. The van der Waals surface area contributed by atoms with Gasteiger partial charge in [0.25, 0.3) is 0 Å². The minimum absolute atomic E-state index is 0.314. The molecule has 0 saturated carbocycles. The van der Waals surface area contributed by atoms with Crippen molar-refractivity contribution in [1.82, 2.24) is 0 Å². The molecule has 1 unspecified atom stereocenters. The molecule has 2 aromatic rings. The summed E-state index contributed by atoms with van der Waals surface area (Å²) in [6.07, 6.45) is 0.829. The number of benzene rings is 2. The molecule has 1 atom stereocenters. The minimum Gasteiger partial charge on any atom is -0.493 e. The van der Waals surface area contributed by atoms with Gasteiger partial charge in [-0.15, -0.1) is 0 Å². The van der Waals surface area contributed by atoms with Gasteiger partial charge in [0.2, 0.25) is 0 Å². The van der Waals surface area contributed by atoms with Gasteiger partial charge in [0.05, 0.1) is 6.61 Å². The fraction of sp³-hybridized carbons (Fsp3) is 0.250. The van der Waals surface area contributed by atoms with E-state index in [1.54, 1.807) is 6.92 Å². The van der Waals surface area contributed by atoms with Crippen LogP contribution < -0.4 is 10.1 Å². The molecule has 0 radical (unpaired) electrons. The Morgan fingerprint density at radius 3 is 2.52 bits per heavy atom. The Bertz CT molecular complexity index is 664. The third kappa shape index (κ3) is 2.68. The normalized spacial score (nSPS) is 14.5. The zero-order valence-electron chi connectivity index (χ0n) is 11.4. The Labute approximate surface area is 120 Å². The maximum Gasteiger partial charge on any atom is 0.152 e. The summed E-state index contributed by atoms with van der Waals surface area (Å²) in [5.41, 5.74) is 1.66. The minimum atomic E-state index is -0.941. The van der Waals surface area contributed by atoms with Crippen molar-refractivity contribution in [2.24, 2.45) is 0 Å². The van der Waals surface area contributed by atoms with Gasteiger partial charge in [-0.3, -0.25) is 0 Å². The highest BCUT2D eigenvalue weighted by Gasteiger charge is 2.17. The molecule has 5 heteroatoms. The van der Waals surface area contributed by atoms with Crippen LogP contribution in [0.25, 0.3) is 0 Å². The second kappa shape index (κ2) is 5.31. The van der Waals surface area contributed by atoms with Gasteiger partial charge in [0, 0.05) is 24.6 Å². The van der Waals surface area contributed by atoms with Crippen LogP contribution in [0.4, 0.5) is 18.9 Å². The molecule has 0 amide bonds. The second-order valence-electron chi connectivity index (χ2n) is 5.08. The molecule has 1 aliphatic rings. The SMILES string of the molecule is CC(Nc1c(F)cc(F)cc1F)c1ccc2c(c1)CCO2. The van der Waals surface area contributed by atoms with Crippen molar-refractivity contribution in [1.29, 1.82) is 0 Å². The van der Waals surface area contributed by atoms with Crippen LogP contribution >= 0.6 is 0 Å². The molecule has 110 valence electrons. The van der Waals surface area contributed by atoms with Crippen molar-refractivity contribution < 1.29 is 17.9 Å². The van der Waals surface area contributed by atoms with E-state index in [-0.39, 0.29) is 11.7 Å². The Morgan fingerprint density at radius 2 is 1.81 bits per heavy atom. The van der Waals surface area contributed by atoms with Crippen LogP contribution in [0.15, 0.2) is 30.3 Å². The zero-order chi connectivity index (χ0) is 15.0. The van der Waals surface area contributed by atoms with Crippen molar-refractivity contribution in [3.63, 3.8) is 0 Å². The van der Waals surface area contributed by atoms with E-state index in [0.29, 0.717) is 18.7 Å². The van der Waals surface area contributed by atoms with Gasteiger partial charge in [0.1, 0.15) is 17.3 Å². The van der Waals surface area contributed by atoms with Crippen LogP contribution in [0.2, 0.25) is 0 Å². The molecule has 2 nitrogen and oxygen atoms in total. The molecule has 0 fully saturated rings. The highest BCUT2D eigenvalue weighted by Crippen LogP contribution is 2.30. The van der Waals surface area contributed by atoms with E-state index in [1.807, 2.05) is 18.2 Å². The highest BCUT2D eigenvalue weighted by atomic mass is 19.1. The number of hydrogen-bond donors (Lipinski definition) is 1. The Kier molecular flexibility index (Phi) is 3.49. The fourth-order valence-corrected chi connectivity index (χ4v) is 2.46. The van der Waals surface area contributed by atoms with Crippen molar-refractivity contribution in [3.8, 4) is 5.75 Å². The Balaban J connectivity index is 1.85. The summed E-state index contributed by atoms with van der Waals surface area (Å²) < 4.78 is 45.6. The number of hydrogen-bond acceptors (Lipinski definition) is 2. The number of ether oxygens (including phenoxy) is 1. The van der Waals surface area contributed by atoms with E-state index in [4.69, 9.17) is 4.74 Å². The first-order valence-electron chi connectivity index (χ1n) is 6.71. The first-order chi connectivity index (χ1) is 10.0. The maximum atomic E-state index is 13.6. The van der Waals surface area contributed by atoms with Crippen LogP contribution in [0.1, 0.15) is 24.1 Å². The highest BCUT2D eigenvalue weighted by molar-refractivity contribution is 5.49. The van der Waals surface area contributed by atoms with Crippen LogP contribution in [-0.4, -0.2) is 6.61 Å². The molecular formula is C16H14F3NO. The molecule has 2 aromatic carbocycles. The smallest absolute Gasteiger partial charge is 0.152 e. The number of nitrogens with one attached hydrogen (secondary N) is 1. The van der Waals surface area contributed by atoms with Crippen molar-refractivity contribution in [2.75, 3.05) is 11.9 Å². The summed E-state index contributed by atoms with van der Waals surface area (Å²) in [5.74, 6) is -1.96. The quantitative estimate of drug-likeness (QED) is 0.915. The molecule has 0 aliphatic carbocycles. The predicted molar refractivity (Wildman–Crippen MR) is 74.0 cm³/mol. The summed E-state index contributed by atoms with van der Waals surface area (Å²) in [4.78, 5) is 0. The van der Waals surface area contributed by atoms with E-state index in [1.165, 1.54) is 0 Å². The average molecular weight is 293 g/mol. The molecule has 3 rings (SSSR count). The van der Waals surface area contributed by atoms with E-state index in [9.17, 15) is 13.2 Å². The van der Waals surface area contributed by atoms with Gasteiger partial charge in [-0.2, -0.15) is 0 Å². The number of rotatable bonds is 3. The van der Waals surface area contributed by atoms with Gasteiger partial charge in [0.15, 0.2) is 11.6 Å². The van der Waals surface area contributed by atoms with E-state index in [0.717, 1.165) is 23.3 Å². The fourth-order valence-electron chi connectivity index (χ4n) is 2.46. The van der Waals surface area contributed by atoms with Gasteiger partial charge < -0.3 is 10.1 Å². The molecule has 0 spiro atoms. The van der Waals surface area contributed by atoms with Crippen molar-refractivity contribution in [3.05, 3.63) is 58.9 Å². The van der Waals surface area contributed by atoms with Crippen LogP contribution in [0.5, 0.6) is 5.75 Å². The predicted octanol–water partition coefficient (Wildman–Crippen LogP) is 4.21. The summed E-state index contributed by atoms with van der Waals surface area (Å²) in [5, 5.41) is 2.76. The van der Waals surface area contributed by atoms with Crippen molar-refractivity contribution in [2.45, 2.75) is 19.4 Å². The monoisotopic (exact) mass is 293 g/mol. The molecule has 1 aliphatic heterocycles. The third-order valence-corrected chi connectivity index (χ3v) is 3.58. The first kappa shape index (κ1) is 13.8. The zero-order valence-corrected chi connectivity index (χ0v) is 11.4. The maximum absolute atomic E-state index is 13.6. The standard InChI is InChI=1S/C16H14F3NO/c1-9(10-2-3-15-11(6-10)4-5-21-15)20-16-13(18)7-12(17)8-14(16)19/h2-3,6-9,20H,4-5H2,1H3. The lowest BCUT2D eigenvalue weighted by molar-refractivity contribution is 0.357. The van der Waals surface area contributed by atoms with Crippen molar-refractivity contribution >= 4 is 5.69 Å². The molecule has 0 saturated heterocycles. The second-order valence-corrected chi connectivity index (χ2v) is 5.08. The topological polar surface area (TPSA) is 21.3 Å². The van der Waals surface area contributed by atoms with Crippen LogP contribution in [0.3, 0.4) is 0 Å². The average Bonchev–Trinajstić information content (AvgIpc) is 2.89. The molecule has 21 heavy (non-hydrogen) atoms. The number of fused-ring (bicyclic) bond motifs is 1. The lowest BCUT2D eigenvalue weighted by Gasteiger charge is -2.17. The lowest BCUT2D eigenvalue weighted by atomic mass is 10.0. The molecule has 1 N–H and O–H groups in total. The summed E-state index contributed by atoms with van der Waals surface area (Å²) in [6, 6.07) is 6.67. The summed E-state index contributed by atoms with van der Waals surface area (Å²) >= 11 is 0. The number of anilines is 1. The summed E-state index contributed by atoms with van der Waals surface area (Å²) in [7, 11) is 0. The molecular weight excluding hydrogens is 279 g/mol. The van der Waals surface area contributed by atoms with Crippen LogP contribution in [-0.2, 0) is 6.42 Å². The number of halogens is 3. The molecule has 0 bridgehead atoms. The van der Waals surface area contributed by atoms with Gasteiger partial charge in [-0.25, -0.2) is 13.2 Å². The van der Waals surface area contributed by atoms with Gasteiger partial charge in [-0.1, -0.05) is 6.07 Å². The Morgan fingerprint density at radius 1 is 1.10 bits per heavy atom. The lowest BCUT2D eigenvalue weighted by Crippen LogP contribution is -2.10. The third-order valence-electron chi connectivity index (χ3n) is 3.58.